The number of anilines is 2. The summed E-state index contributed by atoms with van der Waals surface area (Å²) < 4.78 is 119. The monoisotopic (exact) mass is 625 g/mol. The van der Waals surface area contributed by atoms with Gasteiger partial charge in [-0.05, 0) is 66.9 Å². The highest BCUT2D eigenvalue weighted by Crippen LogP contribution is 2.51. The van der Waals surface area contributed by atoms with Crippen LogP contribution in [0.25, 0.3) is 22.3 Å². The van der Waals surface area contributed by atoms with E-state index in [9.17, 15) is 44.4 Å². The maximum absolute atomic E-state index is 13.8. The predicted molar refractivity (Wildman–Crippen MR) is 139 cm³/mol. The Morgan fingerprint density at radius 1 is 0.977 bits per heavy atom. The van der Waals surface area contributed by atoms with Crippen molar-refractivity contribution in [1.82, 2.24) is 15.0 Å². The second kappa shape index (κ2) is 10.3. The fourth-order valence-electron chi connectivity index (χ4n) is 4.27. The van der Waals surface area contributed by atoms with Crippen LogP contribution in [0.1, 0.15) is 29.5 Å². The molecule has 2 heterocycles. The minimum absolute atomic E-state index is 0.0246. The van der Waals surface area contributed by atoms with Gasteiger partial charge in [-0.15, -0.1) is 0 Å². The number of hydrogen-bond donors (Lipinski definition) is 3. The van der Waals surface area contributed by atoms with E-state index in [0.29, 0.717) is 12.1 Å². The Bertz CT molecular complexity index is 1900. The van der Waals surface area contributed by atoms with Gasteiger partial charge in [-0.3, -0.25) is 0 Å². The van der Waals surface area contributed by atoms with E-state index in [-0.39, 0.29) is 58.0 Å². The number of alkyl halides is 6. The molecule has 2 aromatic heterocycles. The molecule has 0 bridgehead atoms. The first-order valence-electron chi connectivity index (χ1n) is 12.2. The molecule has 0 atom stereocenters. The van der Waals surface area contributed by atoms with Gasteiger partial charge in [-0.1, -0.05) is 0 Å². The number of rotatable bonds is 7. The molecule has 4 N–H and O–H groups in total. The molecule has 1 fully saturated rings. The number of halogens is 7. The number of benzene rings is 2. The van der Waals surface area contributed by atoms with Crippen molar-refractivity contribution >= 4 is 32.8 Å². The van der Waals surface area contributed by atoms with Crippen molar-refractivity contribution < 1.29 is 39.2 Å². The molecule has 0 radical (unpaired) electrons. The molecule has 224 valence electrons. The molecule has 0 aliphatic heterocycles. The van der Waals surface area contributed by atoms with E-state index in [0.717, 1.165) is 18.2 Å². The van der Waals surface area contributed by atoms with Gasteiger partial charge in [0.05, 0.1) is 33.3 Å². The molecule has 5 rings (SSSR count). The molecule has 1 aliphatic carbocycles. The molecular weight excluding hydrogens is 607 g/mol. The number of nitrogens with two attached hydrogens (primary N) is 1. The van der Waals surface area contributed by atoms with Gasteiger partial charge in [0.25, 0.3) is 0 Å². The number of hydrogen-bond acceptors (Lipinski definition) is 8. The third kappa shape index (κ3) is 6.15. The standard InChI is InChI=1S/C26H18F7N7O2S/c27-16-1-2-18(14(9-16)11-34)19-3-4-20-21(37-19)22(40-24(5-6-24)26(31,32)33)39-23(38-20)36-12-13-7-15(25(28,29)30)10-17(8-13)43(35,41)42/h1-4,7-10H,5-6,12H2,(H2,35,41,42)(H2,36,38,39,40). The van der Waals surface area contributed by atoms with Crippen LogP contribution in [0.2, 0.25) is 0 Å². The van der Waals surface area contributed by atoms with Crippen molar-refractivity contribution in [3.8, 4) is 17.3 Å². The summed E-state index contributed by atoms with van der Waals surface area (Å²) in [6, 6.07) is 9.91. The Balaban J connectivity index is 1.57. The van der Waals surface area contributed by atoms with Gasteiger partial charge in [-0.2, -0.15) is 36.6 Å². The zero-order valence-electron chi connectivity index (χ0n) is 21.5. The van der Waals surface area contributed by atoms with Gasteiger partial charge >= 0.3 is 12.4 Å². The van der Waals surface area contributed by atoms with E-state index in [1.165, 1.54) is 18.2 Å². The summed E-state index contributed by atoms with van der Waals surface area (Å²) in [7, 11) is -4.51. The van der Waals surface area contributed by atoms with Crippen LogP contribution in [0, 0.1) is 17.1 Å². The number of aromatic nitrogens is 3. The number of pyridine rings is 1. The summed E-state index contributed by atoms with van der Waals surface area (Å²) in [6.07, 6.45) is -10.1. The zero-order valence-corrected chi connectivity index (χ0v) is 22.3. The fraction of sp³-hybridized carbons (Fsp3) is 0.231. The lowest BCUT2D eigenvalue weighted by Crippen LogP contribution is -2.39. The first-order valence-corrected chi connectivity index (χ1v) is 13.8. The number of nitrogens with zero attached hydrogens (tertiary/aromatic N) is 4. The summed E-state index contributed by atoms with van der Waals surface area (Å²) >= 11 is 0. The summed E-state index contributed by atoms with van der Waals surface area (Å²) in [5, 5.41) is 19.4. The molecule has 0 amide bonds. The maximum atomic E-state index is 13.8. The second-order valence-corrected chi connectivity index (χ2v) is 11.3. The van der Waals surface area contributed by atoms with E-state index in [1.807, 2.05) is 6.07 Å². The molecule has 43 heavy (non-hydrogen) atoms. The SMILES string of the molecule is N#Cc1cc(F)ccc1-c1ccc2nc(NCc3cc(C(F)(F)F)cc(S(N)(=O)=O)c3)nc(NC3(C(F)(F)F)CC3)c2n1. The number of nitrogens with one attached hydrogen (secondary N) is 2. The lowest BCUT2D eigenvalue weighted by molar-refractivity contribution is -0.151. The van der Waals surface area contributed by atoms with Crippen LogP contribution < -0.4 is 15.8 Å². The molecule has 1 saturated carbocycles. The van der Waals surface area contributed by atoms with Gasteiger partial charge in [0.1, 0.15) is 16.9 Å². The van der Waals surface area contributed by atoms with Crippen molar-refractivity contribution in [2.24, 2.45) is 5.14 Å². The van der Waals surface area contributed by atoms with Gasteiger partial charge in [-0.25, -0.2) is 27.9 Å². The van der Waals surface area contributed by atoms with E-state index in [4.69, 9.17) is 5.14 Å². The summed E-state index contributed by atoms with van der Waals surface area (Å²) in [5.41, 5.74) is -3.62. The highest BCUT2D eigenvalue weighted by molar-refractivity contribution is 7.89. The van der Waals surface area contributed by atoms with E-state index in [2.05, 4.69) is 25.6 Å². The molecular formula is C26H18F7N7O2S. The molecule has 0 spiro atoms. The Morgan fingerprint density at radius 2 is 1.70 bits per heavy atom. The number of fused-ring (bicyclic) bond motifs is 1. The van der Waals surface area contributed by atoms with Crippen LogP contribution in [-0.4, -0.2) is 35.1 Å². The third-order valence-corrected chi connectivity index (χ3v) is 7.54. The summed E-state index contributed by atoms with van der Waals surface area (Å²) in [5.74, 6) is -1.35. The zero-order chi connectivity index (χ0) is 31.4. The average molecular weight is 626 g/mol. The van der Waals surface area contributed by atoms with Crippen LogP contribution in [0.5, 0.6) is 0 Å². The molecule has 2 aromatic carbocycles. The highest BCUT2D eigenvalue weighted by atomic mass is 32.2. The van der Waals surface area contributed by atoms with Gasteiger partial charge < -0.3 is 10.6 Å². The van der Waals surface area contributed by atoms with Crippen LogP contribution in [0.3, 0.4) is 0 Å². The van der Waals surface area contributed by atoms with Gasteiger partial charge in [0.15, 0.2) is 5.82 Å². The van der Waals surface area contributed by atoms with Crippen molar-refractivity contribution in [1.29, 1.82) is 5.26 Å². The van der Waals surface area contributed by atoms with Crippen molar-refractivity contribution in [3.63, 3.8) is 0 Å². The fourth-order valence-corrected chi connectivity index (χ4v) is 4.87. The van der Waals surface area contributed by atoms with Crippen molar-refractivity contribution in [3.05, 3.63) is 71.0 Å². The third-order valence-electron chi connectivity index (χ3n) is 6.64. The summed E-state index contributed by atoms with van der Waals surface area (Å²) in [6.45, 7) is -0.464. The van der Waals surface area contributed by atoms with Crippen LogP contribution in [0.15, 0.2) is 53.4 Å². The maximum Gasteiger partial charge on any atom is 0.416 e. The second-order valence-electron chi connectivity index (χ2n) is 9.73. The topological polar surface area (TPSA) is 147 Å². The number of primary sulfonamides is 1. The Hall–Kier alpha value is -4.56. The Labute approximate surface area is 238 Å². The molecule has 9 nitrogen and oxygen atoms in total. The summed E-state index contributed by atoms with van der Waals surface area (Å²) in [4.78, 5) is 11.9. The largest absolute Gasteiger partial charge is 0.416 e. The molecule has 1 aliphatic rings. The lowest BCUT2D eigenvalue weighted by Gasteiger charge is -2.22. The van der Waals surface area contributed by atoms with Crippen molar-refractivity contribution in [2.45, 2.75) is 42.2 Å². The van der Waals surface area contributed by atoms with Crippen LogP contribution >= 0.6 is 0 Å². The van der Waals surface area contributed by atoms with Crippen LogP contribution in [0.4, 0.5) is 42.5 Å². The number of sulfonamides is 1. The predicted octanol–water partition coefficient (Wildman–Crippen LogP) is 5.49. The normalized spacial score (nSPS) is 14.8. The van der Waals surface area contributed by atoms with Gasteiger partial charge in [0.2, 0.25) is 16.0 Å². The number of nitriles is 1. The molecule has 0 unspecified atom stereocenters. The first-order chi connectivity index (χ1) is 20.0. The quantitative estimate of drug-likeness (QED) is 0.229. The smallest absolute Gasteiger partial charge is 0.354 e. The van der Waals surface area contributed by atoms with E-state index >= 15 is 0 Å². The average Bonchev–Trinajstić information content (AvgIpc) is 3.71. The Morgan fingerprint density at radius 3 is 2.30 bits per heavy atom. The molecule has 0 saturated heterocycles. The molecule has 4 aromatic rings. The van der Waals surface area contributed by atoms with Crippen LogP contribution in [-0.2, 0) is 22.7 Å². The van der Waals surface area contributed by atoms with E-state index < -0.39 is 50.7 Å². The Kier molecular flexibility index (Phi) is 7.17. The minimum Gasteiger partial charge on any atom is -0.354 e. The first kappa shape index (κ1) is 29.9. The minimum atomic E-state index is -4.90. The van der Waals surface area contributed by atoms with Crippen molar-refractivity contribution in [2.75, 3.05) is 10.6 Å². The van der Waals surface area contributed by atoms with E-state index in [1.54, 1.807) is 0 Å². The molecule has 17 heteroatoms. The highest BCUT2D eigenvalue weighted by Gasteiger charge is 2.64. The van der Waals surface area contributed by atoms with Gasteiger partial charge in [0, 0.05) is 12.1 Å². The lowest BCUT2D eigenvalue weighted by atomic mass is 10.0.